The first-order chi connectivity index (χ1) is 11.3. The first-order valence-corrected chi connectivity index (χ1v) is 7.44. The van der Waals surface area contributed by atoms with Crippen LogP contribution in [0.4, 0.5) is 0 Å². The van der Waals surface area contributed by atoms with Gasteiger partial charge in [0.05, 0.1) is 22.5 Å². The van der Waals surface area contributed by atoms with Gasteiger partial charge in [0.15, 0.2) is 0 Å². The Labute approximate surface area is 139 Å². The van der Waals surface area contributed by atoms with Gasteiger partial charge in [0.2, 0.25) is 0 Å². The summed E-state index contributed by atoms with van der Waals surface area (Å²) in [6.45, 7) is 0. The van der Waals surface area contributed by atoms with Gasteiger partial charge in [-0.15, -0.1) is 0 Å². The van der Waals surface area contributed by atoms with Gasteiger partial charge in [-0.1, -0.05) is 41.9 Å². The third kappa shape index (κ3) is 3.49. The van der Waals surface area contributed by atoms with Gasteiger partial charge in [-0.2, -0.15) is 5.10 Å². The minimum atomic E-state index is -0.343. The molecule has 2 aromatic carbocycles. The quantitative estimate of drug-likeness (QED) is 0.574. The molecule has 0 atom stereocenters. The second-order valence-electron chi connectivity index (χ2n) is 4.82. The zero-order chi connectivity index (χ0) is 16.1. The molecule has 0 radical (unpaired) electrons. The molecule has 1 N–H and O–H groups in total. The van der Waals surface area contributed by atoms with Gasteiger partial charge in [0.1, 0.15) is 0 Å². The third-order valence-corrected chi connectivity index (χ3v) is 3.63. The van der Waals surface area contributed by atoms with Crippen LogP contribution in [-0.2, 0) is 0 Å². The maximum absolute atomic E-state index is 12.0. The normalized spacial score (nSPS) is 10.8. The highest BCUT2D eigenvalue weighted by molar-refractivity contribution is 6.33. The number of hydrogen-bond acceptors (Lipinski definition) is 2. The minimum Gasteiger partial charge on any atom is -0.316 e. The van der Waals surface area contributed by atoms with E-state index >= 15 is 0 Å². The standard InChI is InChI=1S/C18H14ClN3O/c19-17-11-5-4-10-16(17)18(23)21-20-13-15-9-6-12-22(15)14-7-2-1-3-8-14/h1-13H,(H,21,23)/b20-13+. The van der Waals surface area contributed by atoms with E-state index in [0.29, 0.717) is 10.6 Å². The fraction of sp³-hybridized carbons (Fsp3) is 0. The molecule has 0 bridgehead atoms. The second kappa shape index (κ2) is 6.94. The lowest BCUT2D eigenvalue weighted by Crippen LogP contribution is -2.18. The first-order valence-electron chi connectivity index (χ1n) is 7.06. The maximum atomic E-state index is 12.0. The molecule has 0 aliphatic rings. The molecule has 1 amide bonds. The SMILES string of the molecule is O=C(N/N=C/c1cccn1-c1ccccc1)c1ccccc1Cl. The van der Waals surface area contributed by atoms with Crippen LogP contribution in [0.3, 0.4) is 0 Å². The van der Waals surface area contributed by atoms with Crippen molar-refractivity contribution in [3.05, 3.63) is 89.2 Å². The van der Waals surface area contributed by atoms with Gasteiger partial charge in [-0.25, -0.2) is 5.43 Å². The Balaban J connectivity index is 1.74. The molecule has 23 heavy (non-hydrogen) atoms. The van der Waals surface area contributed by atoms with E-state index in [0.717, 1.165) is 11.4 Å². The number of carbonyl (C=O) groups is 1. The summed E-state index contributed by atoms with van der Waals surface area (Å²) in [5.41, 5.74) is 4.76. The number of carbonyl (C=O) groups excluding carboxylic acids is 1. The lowest BCUT2D eigenvalue weighted by Gasteiger charge is -2.05. The predicted molar refractivity (Wildman–Crippen MR) is 92.3 cm³/mol. The first kappa shape index (κ1) is 15.1. The van der Waals surface area contributed by atoms with Crippen LogP contribution in [0.1, 0.15) is 16.1 Å². The smallest absolute Gasteiger partial charge is 0.272 e. The molecule has 0 saturated carbocycles. The molecule has 3 rings (SSSR count). The monoisotopic (exact) mass is 323 g/mol. The number of para-hydroxylation sites is 1. The number of amides is 1. The number of nitrogens with one attached hydrogen (secondary N) is 1. The Morgan fingerprint density at radius 2 is 1.74 bits per heavy atom. The summed E-state index contributed by atoms with van der Waals surface area (Å²) in [7, 11) is 0. The number of benzene rings is 2. The van der Waals surface area contributed by atoms with Crippen molar-refractivity contribution in [3.63, 3.8) is 0 Å². The van der Waals surface area contributed by atoms with Gasteiger partial charge in [-0.3, -0.25) is 4.79 Å². The molecule has 0 aliphatic heterocycles. The molecule has 0 unspecified atom stereocenters. The maximum Gasteiger partial charge on any atom is 0.272 e. The van der Waals surface area contributed by atoms with Crippen molar-refractivity contribution >= 4 is 23.7 Å². The van der Waals surface area contributed by atoms with Crippen LogP contribution in [0.25, 0.3) is 5.69 Å². The van der Waals surface area contributed by atoms with E-state index in [2.05, 4.69) is 10.5 Å². The fourth-order valence-corrected chi connectivity index (χ4v) is 2.41. The molecule has 1 heterocycles. The topological polar surface area (TPSA) is 46.4 Å². The number of hydrogen-bond donors (Lipinski definition) is 1. The van der Waals surface area contributed by atoms with Crippen molar-refractivity contribution in [1.29, 1.82) is 0 Å². The molecule has 0 aliphatic carbocycles. The van der Waals surface area contributed by atoms with Crippen molar-refractivity contribution in [2.24, 2.45) is 5.10 Å². The van der Waals surface area contributed by atoms with E-state index in [4.69, 9.17) is 11.6 Å². The molecule has 5 heteroatoms. The number of halogens is 1. The summed E-state index contributed by atoms with van der Waals surface area (Å²) in [5.74, 6) is -0.343. The predicted octanol–water partition coefficient (Wildman–Crippen LogP) is 3.89. The highest BCUT2D eigenvalue weighted by Crippen LogP contribution is 2.14. The van der Waals surface area contributed by atoms with Crippen molar-refractivity contribution in [2.75, 3.05) is 0 Å². The summed E-state index contributed by atoms with van der Waals surface area (Å²) in [6, 6.07) is 20.6. The summed E-state index contributed by atoms with van der Waals surface area (Å²) in [4.78, 5) is 12.0. The summed E-state index contributed by atoms with van der Waals surface area (Å²) in [6.07, 6.45) is 3.54. The highest BCUT2D eigenvalue weighted by Gasteiger charge is 2.08. The van der Waals surface area contributed by atoms with Crippen LogP contribution in [0.2, 0.25) is 5.02 Å². The molecule has 0 fully saturated rings. The Morgan fingerprint density at radius 3 is 2.52 bits per heavy atom. The lowest BCUT2D eigenvalue weighted by atomic mass is 10.2. The van der Waals surface area contributed by atoms with Crippen molar-refractivity contribution < 1.29 is 4.79 Å². The van der Waals surface area contributed by atoms with Gasteiger partial charge in [0.25, 0.3) is 5.91 Å². The van der Waals surface area contributed by atoms with E-state index in [1.54, 1.807) is 30.5 Å². The Hall–Kier alpha value is -2.85. The van der Waals surface area contributed by atoms with Gasteiger partial charge in [0, 0.05) is 11.9 Å². The van der Waals surface area contributed by atoms with Crippen LogP contribution in [0.5, 0.6) is 0 Å². The van der Waals surface area contributed by atoms with Gasteiger partial charge < -0.3 is 4.57 Å². The molecule has 1 aromatic heterocycles. The molecular formula is C18H14ClN3O. The van der Waals surface area contributed by atoms with Crippen molar-refractivity contribution in [3.8, 4) is 5.69 Å². The summed E-state index contributed by atoms with van der Waals surface area (Å²) in [5, 5.41) is 4.41. The largest absolute Gasteiger partial charge is 0.316 e. The van der Waals surface area contributed by atoms with E-state index < -0.39 is 0 Å². The lowest BCUT2D eigenvalue weighted by molar-refractivity contribution is 0.0955. The van der Waals surface area contributed by atoms with Crippen LogP contribution >= 0.6 is 11.6 Å². The van der Waals surface area contributed by atoms with Crippen LogP contribution < -0.4 is 5.43 Å². The summed E-state index contributed by atoms with van der Waals surface area (Å²) < 4.78 is 1.98. The zero-order valence-corrected chi connectivity index (χ0v) is 12.9. The van der Waals surface area contributed by atoms with E-state index in [9.17, 15) is 4.79 Å². The van der Waals surface area contributed by atoms with E-state index in [1.807, 2.05) is 53.2 Å². The van der Waals surface area contributed by atoms with Gasteiger partial charge in [-0.05, 0) is 36.4 Å². The zero-order valence-electron chi connectivity index (χ0n) is 12.2. The molecule has 0 spiro atoms. The average molecular weight is 324 g/mol. The van der Waals surface area contributed by atoms with Crippen molar-refractivity contribution in [2.45, 2.75) is 0 Å². The van der Waals surface area contributed by atoms with Crippen LogP contribution in [0, 0.1) is 0 Å². The van der Waals surface area contributed by atoms with Gasteiger partial charge >= 0.3 is 0 Å². The number of hydrazone groups is 1. The molecular weight excluding hydrogens is 310 g/mol. The Bertz CT molecular complexity index is 840. The fourth-order valence-electron chi connectivity index (χ4n) is 2.19. The van der Waals surface area contributed by atoms with Crippen molar-refractivity contribution in [1.82, 2.24) is 9.99 Å². The van der Waals surface area contributed by atoms with Crippen LogP contribution in [-0.4, -0.2) is 16.7 Å². The molecule has 4 nitrogen and oxygen atoms in total. The molecule has 3 aromatic rings. The second-order valence-corrected chi connectivity index (χ2v) is 5.22. The Kier molecular flexibility index (Phi) is 4.54. The molecule has 114 valence electrons. The number of rotatable bonds is 4. The summed E-state index contributed by atoms with van der Waals surface area (Å²) >= 11 is 5.99. The Morgan fingerprint density at radius 1 is 1.00 bits per heavy atom. The van der Waals surface area contributed by atoms with E-state index in [-0.39, 0.29) is 5.91 Å². The average Bonchev–Trinajstić information content (AvgIpc) is 3.04. The highest BCUT2D eigenvalue weighted by atomic mass is 35.5. The number of nitrogens with zero attached hydrogens (tertiary/aromatic N) is 2. The van der Waals surface area contributed by atoms with Crippen LogP contribution in [0.15, 0.2) is 78.0 Å². The number of aromatic nitrogens is 1. The molecule has 0 saturated heterocycles. The third-order valence-electron chi connectivity index (χ3n) is 3.30. The van der Waals surface area contributed by atoms with E-state index in [1.165, 1.54) is 0 Å². The minimum absolute atomic E-state index is 0.343.